The minimum absolute atomic E-state index is 0.0158. The number of rotatable bonds is 3. The van der Waals surface area contributed by atoms with E-state index in [1.165, 1.54) is 6.33 Å². The SMILES string of the molecule is CNc1cc(Oc2cc(C)ccc2C(C)(C)C)ncn1. The van der Waals surface area contributed by atoms with Crippen LogP contribution in [0.5, 0.6) is 11.6 Å². The standard InChI is InChI=1S/C16H21N3O/c1-11-6-7-12(16(2,3)4)13(8-11)20-15-9-14(17-5)18-10-19-15/h6-10H,1-5H3,(H,17,18,19). The first-order valence-corrected chi connectivity index (χ1v) is 6.69. The van der Waals surface area contributed by atoms with E-state index in [4.69, 9.17) is 4.74 Å². The lowest BCUT2D eigenvalue weighted by molar-refractivity contribution is 0.438. The Bertz CT molecular complexity index is 603. The smallest absolute Gasteiger partial charge is 0.224 e. The Balaban J connectivity index is 2.39. The third-order valence-electron chi connectivity index (χ3n) is 3.06. The van der Waals surface area contributed by atoms with E-state index in [2.05, 4.69) is 55.1 Å². The van der Waals surface area contributed by atoms with Crippen molar-refractivity contribution in [1.82, 2.24) is 9.97 Å². The molecule has 0 aliphatic rings. The van der Waals surface area contributed by atoms with Crippen LogP contribution in [0.3, 0.4) is 0 Å². The fraction of sp³-hybridized carbons (Fsp3) is 0.375. The predicted octanol–water partition coefficient (Wildman–Crippen LogP) is 3.92. The number of hydrogen-bond donors (Lipinski definition) is 1. The normalized spacial score (nSPS) is 11.2. The number of aryl methyl sites for hydroxylation is 1. The van der Waals surface area contributed by atoms with Crippen LogP contribution < -0.4 is 10.1 Å². The molecule has 0 saturated heterocycles. The molecule has 106 valence electrons. The summed E-state index contributed by atoms with van der Waals surface area (Å²) in [5.41, 5.74) is 2.34. The van der Waals surface area contributed by atoms with Crippen molar-refractivity contribution < 1.29 is 4.74 Å². The van der Waals surface area contributed by atoms with E-state index < -0.39 is 0 Å². The van der Waals surface area contributed by atoms with Gasteiger partial charge in [0.25, 0.3) is 0 Å². The van der Waals surface area contributed by atoms with Gasteiger partial charge in [-0.1, -0.05) is 32.9 Å². The van der Waals surface area contributed by atoms with Crippen LogP contribution >= 0.6 is 0 Å². The average molecular weight is 271 g/mol. The van der Waals surface area contributed by atoms with Gasteiger partial charge in [-0.3, -0.25) is 0 Å². The zero-order chi connectivity index (χ0) is 14.8. The van der Waals surface area contributed by atoms with Crippen LogP contribution in [0.15, 0.2) is 30.6 Å². The summed E-state index contributed by atoms with van der Waals surface area (Å²) < 4.78 is 5.97. The van der Waals surface area contributed by atoms with Crippen LogP contribution in [0, 0.1) is 6.92 Å². The topological polar surface area (TPSA) is 47.0 Å². The fourth-order valence-corrected chi connectivity index (χ4v) is 1.98. The molecule has 2 rings (SSSR count). The summed E-state index contributed by atoms with van der Waals surface area (Å²) in [7, 11) is 1.82. The minimum Gasteiger partial charge on any atom is -0.439 e. The quantitative estimate of drug-likeness (QED) is 0.919. The first-order valence-electron chi connectivity index (χ1n) is 6.69. The number of benzene rings is 1. The molecule has 0 radical (unpaired) electrons. The molecule has 4 heteroatoms. The average Bonchev–Trinajstić information content (AvgIpc) is 2.37. The maximum atomic E-state index is 5.97. The second-order valence-electron chi connectivity index (χ2n) is 5.84. The molecule has 0 fully saturated rings. The summed E-state index contributed by atoms with van der Waals surface area (Å²) in [5, 5.41) is 2.98. The van der Waals surface area contributed by atoms with Crippen LogP contribution in [0.2, 0.25) is 0 Å². The number of aromatic nitrogens is 2. The molecular weight excluding hydrogens is 250 g/mol. The fourth-order valence-electron chi connectivity index (χ4n) is 1.98. The van der Waals surface area contributed by atoms with Gasteiger partial charge in [-0.15, -0.1) is 0 Å². The number of hydrogen-bond acceptors (Lipinski definition) is 4. The third kappa shape index (κ3) is 3.26. The lowest BCUT2D eigenvalue weighted by Gasteiger charge is -2.22. The van der Waals surface area contributed by atoms with E-state index in [0.717, 1.165) is 22.7 Å². The highest BCUT2D eigenvalue weighted by Gasteiger charge is 2.19. The Morgan fingerprint density at radius 3 is 2.50 bits per heavy atom. The van der Waals surface area contributed by atoms with Crippen molar-refractivity contribution in [2.45, 2.75) is 33.1 Å². The van der Waals surface area contributed by atoms with E-state index in [0.29, 0.717) is 5.88 Å². The van der Waals surface area contributed by atoms with E-state index >= 15 is 0 Å². The summed E-state index contributed by atoms with van der Waals surface area (Å²) in [6.45, 7) is 8.56. The summed E-state index contributed by atoms with van der Waals surface area (Å²) in [4.78, 5) is 8.25. The number of nitrogens with zero attached hydrogens (tertiary/aromatic N) is 2. The van der Waals surface area contributed by atoms with Gasteiger partial charge in [0.2, 0.25) is 5.88 Å². The van der Waals surface area contributed by atoms with Crippen LogP contribution in [-0.4, -0.2) is 17.0 Å². The van der Waals surface area contributed by atoms with Crippen LogP contribution in [0.1, 0.15) is 31.9 Å². The van der Waals surface area contributed by atoms with Crippen molar-refractivity contribution in [1.29, 1.82) is 0 Å². The Labute approximate surface area is 120 Å². The molecule has 0 spiro atoms. The van der Waals surface area contributed by atoms with E-state index in [1.807, 2.05) is 13.1 Å². The van der Waals surface area contributed by atoms with Gasteiger partial charge in [0, 0.05) is 18.7 Å². The second kappa shape index (κ2) is 5.49. The lowest BCUT2D eigenvalue weighted by Crippen LogP contribution is -2.12. The van der Waals surface area contributed by atoms with Crippen molar-refractivity contribution in [2.75, 3.05) is 12.4 Å². The molecule has 20 heavy (non-hydrogen) atoms. The Morgan fingerprint density at radius 2 is 1.85 bits per heavy atom. The third-order valence-corrected chi connectivity index (χ3v) is 3.06. The van der Waals surface area contributed by atoms with Gasteiger partial charge in [-0.2, -0.15) is 0 Å². The first-order chi connectivity index (χ1) is 9.40. The van der Waals surface area contributed by atoms with E-state index in [1.54, 1.807) is 6.07 Å². The molecule has 0 aliphatic carbocycles. The summed E-state index contributed by atoms with van der Waals surface area (Å²) >= 11 is 0. The van der Waals surface area contributed by atoms with Crippen LogP contribution in [-0.2, 0) is 5.41 Å². The molecule has 0 amide bonds. The maximum absolute atomic E-state index is 5.97. The van der Waals surface area contributed by atoms with Gasteiger partial charge in [0.15, 0.2) is 0 Å². The number of nitrogens with one attached hydrogen (secondary N) is 1. The number of anilines is 1. The second-order valence-corrected chi connectivity index (χ2v) is 5.84. The van der Waals surface area contributed by atoms with Crippen LogP contribution in [0.25, 0.3) is 0 Å². The van der Waals surface area contributed by atoms with Gasteiger partial charge >= 0.3 is 0 Å². The summed E-state index contributed by atoms with van der Waals surface area (Å²) in [6, 6.07) is 8.05. The van der Waals surface area contributed by atoms with E-state index in [-0.39, 0.29) is 5.41 Å². The van der Waals surface area contributed by atoms with Gasteiger partial charge in [0.05, 0.1) is 0 Å². The molecule has 1 aromatic heterocycles. The highest BCUT2D eigenvalue weighted by molar-refractivity contribution is 5.44. The van der Waals surface area contributed by atoms with Crippen molar-refractivity contribution in [3.63, 3.8) is 0 Å². The van der Waals surface area contributed by atoms with E-state index in [9.17, 15) is 0 Å². The van der Waals surface area contributed by atoms with Crippen molar-refractivity contribution in [3.8, 4) is 11.6 Å². The zero-order valence-electron chi connectivity index (χ0n) is 12.7. The maximum Gasteiger partial charge on any atom is 0.224 e. The van der Waals surface area contributed by atoms with Crippen molar-refractivity contribution >= 4 is 5.82 Å². The van der Waals surface area contributed by atoms with Gasteiger partial charge in [0.1, 0.15) is 17.9 Å². The first kappa shape index (κ1) is 14.3. The highest BCUT2D eigenvalue weighted by Crippen LogP contribution is 2.34. The Kier molecular flexibility index (Phi) is 3.93. The minimum atomic E-state index is 0.0158. The monoisotopic (exact) mass is 271 g/mol. The molecule has 0 unspecified atom stereocenters. The Morgan fingerprint density at radius 1 is 1.10 bits per heavy atom. The lowest BCUT2D eigenvalue weighted by atomic mass is 9.86. The molecule has 2 aromatic rings. The van der Waals surface area contributed by atoms with Crippen molar-refractivity contribution in [2.24, 2.45) is 0 Å². The molecule has 0 aliphatic heterocycles. The highest BCUT2D eigenvalue weighted by atomic mass is 16.5. The van der Waals surface area contributed by atoms with Crippen LogP contribution in [0.4, 0.5) is 5.82 Å². The molecule has 1 heterocycles. The molecule has 1 aromatic carbocycles. The van der Waals surface area contributed by atoms with Gasteiger partial charge < -0.3 is 10.1 Å². The predicted molar refractivity (Wildman–Crippen MR) is 81.5 cm³/mol. The molecule has 0 atom stereocenters. The molecule has 0 saturated carbocycles. The van der Waals surface area contributed by atoms with Crippen molar-refractivity contribution in [3.05, 3.63) is 41.7 Å². The molecule has 0 bridgehead atoms. The Hall–Kier alpha value is -2.10. The molecule has 4 nitrogen and oxygen atoms in total. The zero-order valence-corrected chi connectivity index (χ0v) is 12.7. The number of ether oxygens (including phenoxy) is 1. The largest absolute Gasteiger partial charge is 0.439 e. The summed E-state index contributed by atoms with van der Waals surface area (Å²) in [6.07, 6.45) is 1.49. The van der Waals surface area contributed by atoms with Gasteiger partial charge in [-0.25, -0.2) is 9.97 Å². The van der Waals surface area contributed by atoms with Gasteiger partial charge in [-0.05, 0) is 24.0 Å². The summed E-state index contributed by atoms with van der Waals surface area (Å²) in [5.74, 6) is 2.12. The molecular formula is C16H21N3O. The molecule has 1 N–H and O–H groups in total.